The van der Waals surface area contributed by atoms with E-state index in [1.54, 1.807) is 0 Å². The number of hydrogen-bond acceptors (Lipinski definition) is 5. The van der Waals surface area contributed by atoms with Crippen LogP contribution in [0.5, 0.6) is 0 Å². The Hall–Kier alpha value is -2.49. The average molecular weight is 265 g/mol. The molecule has 0 aliphatic heterocycles. The van der Waals surface area contributed by atoms with Gasteiger partial charge in [-0.15, -0.1) is 6.42 Å². The Kier molecular flexibility index (Phi) is 5.95. The Balaban J connectivity index is 2.83. The fourth-order valence-electron chi connectivity index (χ4n) is 1.16. The number of aryl methyl sites for hydroxylation is 1. The van der Waals surface area contributed by atoms with E-state index in [4.69, 9.17) is 16.1 Å². The highest BCUT2D eigenvalue weighted by Crippen LogP contribution is 2.04. The average Bonchev–Trinajstić information content (AvgIpc) is 2.85. The minimum Gasteiger partial charge on any atom is -0.481 e. The number of halogens is 1. The van der Waals surface area contributed by atoms with E-state index in [1.165, 1.54) is 12.2 Å². The van der Waals surface area contributed by atoms with Crippen molar-refractivity contribution in [1.29, 1.82) is 0 Å². The van der Waals surface area contributed by atoms with Crippen LogP contribution in [0.4, 0.5) is 4.39 Å². The van der Waals surface area contributed by atoms with Gasteiger partial charge in [0.2, 0.25) is 11.7 Å². The molecule has 0 amide bonds. The van der Waals surface area contributed by atoms with Crippen LogP contribution in [0, 0.1) is 12.3 Å². The summed E-state index contributed by atoms with van der Waals surface area (Å²) in [6, 6.07) is 0. The number of terminal acetylenes is 1. The van der Waals surface area contributed by atoms with Crippen molar-refractivity contribution in [2.75, 3.05) is 13.2 Å². The van der Waals surface area contributed by atoms with Crippen LogP contribution < -0.4 is 0 Å². The van der Waals surface area contributed by atoms with E-state index in [1.807, 2.05) is 0 Å². The van der Waals surface area contributed by atoms with Gasteiger partial charge in [0.05, 0.1) is 6.42 Å². The SMILES string of the molecule is C#CCN=C(/C=C\CF)c1noc(CCC(=O)O)n1. The molecule has 1 heterocycles. The van der Waals surface area contributed by atoms with E-state index in [0.29, 0.717) is 5.71 Å². The number of alkyl halides is 1. The molecule has 1 aromatic heterocycles. The van der Waals surface area contributed by atoms with Gasteiger partial charge < -0.3 is 9.63 Å². The van der Waals surface area contributed by atoms with Gasteiger partial charge in [-0.2, -0.15) is 4.98 Å². The summed E-state index contributed by atoms with van der Waals surface area (Å²) in [4.78, 5) is 18.4. The number of carbonyl (C=O) groups is 1. The van der Waals surface area contributed by atoms with Gasteiger partial charge in [0.15, 0.2) is 0 Å². The Morgan fingerprint density at radius 2 is 2.42 bits per heavy atom. The number of nitrogens with zero attached hydrogens (tertiary/aromatic N) is 3. The fraction of sp³-hybridized carbons (Fsp3) is 0.333. The Morgan fingerprint density at radius 1 is 1.63 bits per heavy atom. The van der Waals surface area contributed by atoms with Crippen LogP contribution in [-0.2, 0) is 11.2 Å². The van der Waals surface area contributed by atoms with Crippen LogP contribution in [-0.4, -0.2) is 40.1 Å². The first-order valence-corrected chi connectivity index (χ1v) is 5.42. The van der Waals surface area contributed by atoms with Crippen LogP contribution in [0.3, 0.4) is 0 Å². The summed E-state index contributed by atoms with van der Waals surface area (Å²) in [6.45, 7) is -0.552. The smallest absolute Gasteiger partial charge is 0.303 e. The fourth-order valence-corrected chi connectivity index (χ4v) is 1.16. The molecule has 0 aliphatic carbocycles. The number of aromatic nitrogens is 2. The Labute approximate surface area is 109 Å². The van der Waals surface area contributed by atoms with Crippen molar-refractivity contribution >= 4 is 11.7 Å². The third-order valence-corrected chi connectivity index (χ3v) is 1.96. The Bertz CT molecular complexity index is 529. The lowest BCUT2D eigenvalue weighted by molar-refractivity contribution is -0.137. The normalized spacial score (nSPS) is 11.7. The second-order valence-electron chi connectivity index (χ2n) is 3.37. The molecule has 7 heteroatoms. The van der Waals surface area contributed by atoms with Gasteiger partial charge in [-0.25, -0.2) is 4.39 Å². The molecule has 100 valence electrons. The summed E-state index contributed by atoms with van der Waals surface area (Å²) < 4.78 is 17.0. The van der Waals surface area contributed by atoms with E-state index < -0.39 is 12.6 Å². The first-order chi connectivity index (χ1) is 9.17. The summed E-state index contributed by atoms with van der Waals surface area (Å²) >= 11 is 0. The van der Waals surface area contributed by atoms with E-state index in [-0.39, 0.29) is 31.1 Å². The van der Waals surface area contributed by atoms with Crippen molar-refractivity contribution in [3.63, 3.8) is 0 Å². The lowest BCUT2D eigenvalue weighted by atomic mass is 10.3. The zero-order valence-corrected chi connectivity index (χ0v) is 10.0. The quantitative estimate of drug-likeness (QED) is 0.587. The van der Waals surface area contributed by atoms with Gasteiger partial charge >= 0.3 is 5.97 Å². The highest BCUT2D eigenvalue weighted by Gasteiger charge is 2.11. The van der Waals surface area contributed by atoms with E-state index >= 15 is 0 Å². The van der Waals surface area contributed by atoms with E-state index in [0.717, 1.165) is 0 Å². The third-order valence-electron chi connectivity index (χ3n) is 1.96. The highest BCUT2D eigenvalue weighted by atomic mass is 19.1. The van der Waals surface area contributed by atoms with Crippen molar-refractivity contribution in [2.45, 2.75) is 12.8 Å². The van der Waals surface area contributed by atoms with Gasteiger partial charge in [0.25, 0.3) is 0 Å². The Morgan fingerprint density at radius 3 is 3.05 bits per heavy atom. The largest absolute Gasteiger partial charge is 0.481 e. The summed E-state index contributed by atoms with van der Waals surface area (Å²) in [6.07, 6.45) is 7.73. The molecule has 1 rings (SSSR count). The second-order valence-corrected chi connectivity index (χ2v) is 3.37. The lowest BCUT2D eigenvalue weighted by Gasteiger charge is -1.92. The summed E-state index contributed by atoms with van der Waals surface area (Å²) in [5.74, 6) is 1.69. The molecule has 0 unspecified atom stereocenters. The van der Waals surface area contributed by atoms with Crippen molar-refractivity contribution in [2.24, 2.45) is 4.99 Å². The maximum absolute atomic E-state index is 12.1. The molecule has 0 saturated heterocycles. The van der Waals surface area contributed by atoms with Crippen molar-refractivity contribution in [3.8, 4) is 12.3 Å². The molecule has 19 heavy (non-hydrogen) atoms. The number of aliphatic imine (C=N–C) groups is 1. The van der Waals surface area contributed by atoms with Gasteiger partial charge in [-0.1, -0.05) is 17.2 Å². The van der Waals surface area contributed by atoms with Crippen molar-refractivity contribution in [1.82, 2.24) is 10.1 Å². The number of carboxylic acid groups (broad SMARTS) is 1. The molecule has 0 bridgehead atoms. The van der Waals surface area contributed by atoms with Crippen LogP contribution in [0.2, 0.25) is 0 Å². The summed E-state index contributed by atoms with van der Waals surface area (Å²) in [5.41, 5.74) is 0.293. The van der Waals surface area contributed by atoms with Crippen LogP contribution in [0.25, 0.3) is 0 Å². The zero-order chi connectivity index (χ0) is 14.1. The van der Waals surface area contributed by atoms with Crippen molar-refractivity contribution < 1.29 is 18.8 Å². The molecule has 1 aromatic rings. The number of rotatable bonds is 7. The van der Waals surface area contributed by atoms with Crippen LogP contribution in [0.1, 0.15) is 18.1 Å². The van der Waals surface area contributed by atoms with Gasteiger partial charge in [-0.05, 0) is 6.08 Å². The maximum Gasteiger partial charge on any atom is 0.303 e. The minimum absolute atomic E-state index is 0.102. The molecule has 0 aliphatic rings. The van der Waals surface area contributed by atoms with Crippen LogP contribution >= 0.6 is 0 Å². The van der Waals surface area contributed by atoms with Gasteiger partial charge in [0.1, 0.15) is 18.9 Å². The predicted octanol–water partition coefficient (Wildman–Crippen LogP) is 1.03. The second kappa shape index (κ2) is 7.76. The molecule has 0 fully saturated rings. The monoisotopic (exact) mass is 265 g/mol. The van der Waals surface area contributed by atoms with Crippen LogP contribution in [0.15, 0.2) is 21.7 Å². The summed E-state index contributed by atoms with van der Waals surface area (Å²) in [7, 11) is 0. The topological polar surface area (TPSA) is 88.6 Å². The molecular weight excluding hydrogens is 253 g/mol. The first kappa shape index (κ1) is 14.6. The molecule has 0 spiro atoms. The highest BCUT2D eigenvalue weighted by molar-refractivity contribution is 6.06. The predicted molar refractivity (Wildman–Crippen MR) is 65.6 cm³/mol. The van der Waals surface area contributed by atoms with Gasteiger partial charge in [0, 0.05) is 6.42 Å². The molecule has 0 radical (unpaired) electrons. The van der Waals surface area contributed by atoms with E-state index in [9.17, 15) is 9.18 Å². The van der Waals surface area contributed by atoms with E-state index in [2.05, 4.69) is 21.1 Å². The number of hydrogen-bond donors (Lipinski definition) is 1. The summed E-state index contributed by atoms with van der Waals surface area (Å²) in [5, 5.41) is 12.2. The molecule has 1 N–H and O–H groups in total. The standard InChI is InChI=1S/C12H12FN3O3/c1-2-8-14-9(4-3-7-13)12-15-10(19-16-12)5-6-11(17)18/h1,3-4H,5-8H2,(H,17,18)/b4-3-,14-9?. The molecule has 6 nitrogen and oxygen atoms in total. The number of aliphatic carboxylic acids is 1. The lowest BCUT2D eigenvalue weighted by Crippen LogP contribution is -2.02. The number of carboxylic acids is 1. The van der Waals surface area contributed by atoms with Crippen molar-refractivity contribution in [3.05, 3.63) is 23.9 Å². The molecule has 0 atom stereocenters. The third kappa shape index (κ3) is 5.12. The minimum atomic E-state index is -0.960. The molecular formula is C12H12FN3O3. The maximum atomic E-state index is 12.1. The molecule has 0 aromatic carbocycles. The van der Waals surface area contributed by atoms with Gasteiger partial charge in [-0.3, -0.25) is 9.79 Å². The first-order valence-electron chi connectivity index (χ1n) is 5.42. The zero-order valence-electron chi connectivity index (χ0n) is 10.0. The number of allylic oxidation sites excluding steroid dienone is 2. The molecule has 0 saturated carbocycles.